The lowest BCUT2D eigenvalue weighted by atomic mass is 10.5. The summed E-state index contributed by atoms with van der Waals surface area (Å²) < 4.78 is 11.5. The molecule has 0 spiro atoms. The van der Waals surface area contributed by atoms with Crippen LogP contribution in [0.1, 0.15) is 13.8 Å². The quantitative estimate of drug-likeness (QED) is 0.600. The smallest absolute Gasteiger partial charge is 0.0363 e. The average molecular weight is 220 g/mol. The van der Waals surface area contributed by atoms with E-state index in [0.717, 1.165) is 37.7 Å². The van der Waals surface area contributed by atoms with E-state index < -0.39 is 10.8 Å². The van der Waals surface area contributed by atoms with Gasteiger partial charge in [0.1, 0.15) is 0 Å². The predicted octanol–water partition coefficient (Wildman–Crippen LogP) is 0.639. The third kappa shape index (κ3) is 7.47. The minimum absolute atomic E-state index is 0.648. The van der Waals surface area contributed by atoms with Gasteiger partial charge in [0, 0.05) is 35.4 Å². The van der Waals surface area contributed by atoms with Gasteiger partial charge in [0.05, 0.1) is 0 Å². The van der Waals surface area contributed by atoms with Crippen molar-refractivity contribution >= 4 is 10.8 Å². The van der Waals surface area contributed by atoms with E-state index in [9.17, 15) is 4.21 Å². The molecular formula is C10H24N2OS. The van der Waals surface area contributed by atoms with E-state index in [2.05, 4.69) is 23.6 Å². The van der Waals surface area contributed by atoms with Crippen LogP contribution in [0.25, 0.3) is 0 Å². The van der Waals surface area contributed by atoms with Gasteiger partial charge >= 0.3 is 0 Å². The molecule has 0 fully saturated rings. The lowest BCUT2D eigenvalue weighted by Gasteiger charge is -2.17. The minimum Gasteiger partial charge on any atom is -0.308 e. The molecule has 0 rings (SSSR count). The first-order chi connectivity index (χ1) is 6.60. The summed E-state index contributed by atoms with van der Waals surface area (Å²) in [7, 11) is 3.38. The Balaban J connectivity index is 3.52. The van der Waals surface area contributed by atoms with Crippen molar-refractivity contribution in [3.05, 3.63) is 0 Å². The molecule has 14 heavy (non-hydrogen) atoms. The fraction of sp³-hybridized carbons (Fsp3) is 1.00. The van der Waals surface area contributed by atoms with Gasteiger partial charge in [-0.2, -0.15) is 0 Å². The molecule has 1 atom stereocenters. The molecule has 0 aliphatic rings. The Morgan fingerprint density at radius 2 is 1.50 bits per heavy atom. The van der Waals surface area contributed by atoms with Gasteiger partial charge in [-0.05, 0) is 27.2 Å². The zero-order valence-electron chi connectivity index (χ0n) is 9.95. The van der Waals surface area contributed by atoms with E-state index in [1.54, 1.807) is 0 Å². The molecular weight excluding hydrogens is 196 g/mol. The molecule has 0 N–H and O–H groups in total. The third-order valence-electron chi connectivity index (χ3n) is 2.30. The van der Waals surface area contributed by atoms with E-state index in [1.807, 2.05) is 14.1 Å². The Hall–Kier alpha value is 0.0700. The van der Waals surface area contributed by atoms with Crippen molar-refractivity contribution in [1.29, 1.82) is 0 Å². The molecule has 4 heteroatoms. The summed E-state index contributed by atoms with van der Waals surface area (Å²) in [4.78, 5) is 4.39. The molecule has 86 valence electrons. The van der Waals surface area contributed by atoms with Crippen LogP contribution in [0.4, 0.5) is 0 Å². The predicted molar refractivity (Wildman–Crippen MR) is 64.2 cm³/mol. The molecule has 0 radical (unpaired) electrons. The molecule has 0 saturated carbocycles. The minimum atomic E-state index is -0.648. The van der Waals surface area contributed by atoms with Gasteiger partial charge in [0.25, 0.3) is 0 Å². The van der Waals surface area contributed by atoms with Crippen LogP contribution in [-0.4, -0.2) is 65.8 Å². The molecule has 0 aromatic rings. The highest BCUT2D eigenvalue weighted by Gasteiger charge is 2.04. The highest BCUT2D eigenvalue weighted by atomic mass is 32.2. The van der Waals surface area contributed by atoms with Gasteiger partial charge in [-0.1, -0.05) is 13.8 Å². The van der Waals surface area contributed by atoms with Crippen molar-refractivity contribution in [1.82, 2.24) is 9.80 Å². The molecule has 1 unspecified atom stereocenters. The Morgan fingerprint density at radius 3 is 1.93 bits per heavy atom. The van der Waals surface area contributed by atoms with Crippen LogP contribution in [0, 0.1) is 0 Å². The van der Waals surface area contributed by atoms with Crippen molar-refractivity contribution in [2.45, 2.75) is 13.8 Å². The molecule has 3 nitrogen and oxygen atoms in total. The molecule has 0 bridgehead atoms. The number of nitrogens with zero attached hydrogens (tertiary/aromatic N) is 2. The Kier molecular flexibility index (Phi) is 8.43. The van der Waals surface area contributed by atoms with Crippen LogP contribution < -0.4 is 0 Å². The summed E-state index contributed by atoms with van der Waals surface area (Å²) in [5.74, 6) is 1.61. The van der Waals surface area contributed by atoms with Crippen LogP contribution in [0.3, 0.4) is 0 Å². The van der Waals surface area contributed by atoms with E-state index in [0.29, 0.717) is 0 Å². The van der Waals surface area contributed by atoms with Crippen molar-refractivity contribution in [3.63, 3.8) is 0 Å². The largest absolute Gasteiger partial charge is 0.308 e. The Morgan fingerprint density at radius 1 is 1.00 bits per heavy atom. The summed E-state index contributed by atoms with van der Waals surface area (Å²) in [5.41, 5.74) is 0. The fourth-order valence-electron chi connectivity index (χ4n) is 1.16. The SMILES string of the molecule is CCN(CC)CCS(=O)CCN(C)C. The van der Waals surface area contributed by atoms with E-state index in [1.165, 1.54) is 0 Å². The number of hydrogen-bond acceptors (Lipinski definition) is 3. The van der Waals surface area contributed by atoms with Crippen LogP contribution in [0.15, 0.2) is 0 Å². The van der Waals surface area contributed by atoms with Crippen molar-refractivity contribution in [2.75, 3.05) is 51.8 Å². The fourth-order valence-corrected chi connectivity index (χ4v) is 2.39. The molecule has 0 saturated heterocycles. The summed E-state index contributed by atoms with van der Waals surface area (Å²) >= 11 is 0. The zero-order chi connectivity index (χ0) is 11.0. The van der Waals surface area contributed by atoms with E-state index in [4.69, 9.17) is 0 Å². The zero-order valence-corrected chi connectivity index (χ0v) is 10.8. The van der Waals surface area contributed by atoms with Gasteiger partial charge in [0.2, 0.25) is 0 Å². The maximum atomic E-state index is 11.5. The standard InChI is InChI=1S/C10H24N2OS/c1-5-12(6-2)8-10-14(13)9-7-11(3)4/h5-10H2,1-4H3. The van der Waals surface area contributed by atoms with Crippen LogP contribution >= 0.6 is 0 Å². The van der Waals surface area contributed by atoms with Crippen molar-refractivity contribution < 1.29 is 4.21 Å². The molecule has 0 aliphatic carbocycles. The first-order valence-electron chi connectivity index (χ1n) is 5.32. The maximum absolute atomic E-state index is 11.5. The summed E-state index contributed by atoms with van der Waals surface area (Å²) in [6.07, 6.45) is 0. The first kappa shape index (κ1) is 14.1. The van der Waals surface area contributed by atoms with Gasteiger partial charge in [-0.25, -0.2) is 0 Å². The lowest BCUT2D eigenvalue weighted by molar-refractivity contribution is 0.323. The topological polar surface area (TPSA) is 23.6 Å². The monoisotopic (exact) mass is 220 g/mol. The van der Waals surface area contributed by atoms with Gasteiger partial charge < -0.3 is 9.80 Å². The number of rotatable bonds is 8. The van der Waals surface area contributed by atoms with Crippen molar-refractivity contribution in [2.24, 2.45) is 0 Å². The second kappa shape index (κ2) is 8.38. The average Bonchev–Trinajstić information content (AvgIpc) is 2.16. The third-order valence-corrected chi connectivity index (χ3v) is 3.57. The highest BCUT2D eigenvalue weighted by molar-refractivity contribution is 7.85. The summed E-state index contributed by atoms with van der Waals surface area (Å²) in [5, 5.41) is 0. The molecule has 0 aliphatic heterocycles. The van der Waals surface area contributed by atoms with E-state index >= 15 is 0 Å². The highest BCUT2D eigenvalue weighted by Crippen LogP contribution is 1.90. The van der Waals surface area contributed by atoms with Crippen molar-refractivity contribution in [3.8, 4) is 0 Å². The molecule has 0 heterocycles. The lowest BCUT2D eigenvalue weighted by Crippen LogP contribution is -2.29. The summed E-state index contributed by atoms with van der Waals surface area (Å²) in [6, 6.07) is 0. The second-order valence-electron chi connectivity index (χ2n) is 3.68. The normalized spacial score (nSPS) is 13.9. The Labute approximate surface area is 90.9 Å². The van der Waals surface area contributed by atoms with Gasteiger partial charge in [0.15, 0.2) is 0 Å². The van der Waals surface area contributed by atoms with Gasteiger partial charge in [-0.15, -0.1) is 0 Å². The summed E-state index contributed by atoms with van der Waals surface area (Å²) in [6.45, 7) is 8.29. The molecule has 0 amide bonds. The second-order valence-corrected chi connectivity index (χ2v) is 5.37. The van der Waals surface area contributed by atoms with E-state index in [-0.39, 0.29) is 0 Å². The molecule has 0 aromatic carbocycles. The maximum Gasteiger partial charge on any atom is 0.0363 e. The van der Waals surface area contributed by atoms with Crippen LogP contribution in [-0.2, 0) is 10.8 Å². The van der Waals surface area contributed by atoms with Crippen LogP contribution in [0.5, 0.6) is 0 Å². The number of hydrogen-bond donors (Lipinski definition) is 0. The first-order valence-corrected chi connectivity index (χ1v) is 6.81. The van der Waals surface area contributed by atoms with Gasteiger partial charge in [-0.3, -0.25) is 4.21 Å². The van der Waals surface area contributed by atoms with Crippen LogP contribution in [0.2, 0.25) is 0 Å². The Bertz CT molecular complexity index is 158. The molecule has 0 aromatic heterocycles.